The largest absolute Gasteiger partial charge is 0.372 e. The van der Waals surface area contributed by atoms with Crippen molar-refractivity contribution in [1.29, 1.82) is 0 Å². The lowest BCUT2D eigenvalue weighted by Gasteiger charge is -2.28. The molecule has 2 aromatic carbocycles. The number of aromatic nitrogens is 2. The van der Waals surface area contributed by atoms with Crippen molar-refractivity contribution >= 4 is 46.3 Å². The number of anilines is 5. The van der Waals surface area contributed by atoms with Gasteiger partial charge in [0.2, 0.25) is 5.95 Å². The molecule has 2 heterocycles. The molecular weight excluding hydrogens is 400 g/mol. The minimum absolute atomic E-state index is 0.334. The fourth-order valence-corrected chi connectivity index (χ4v) is 3.62. The Labute approximate surface area is 180 Å². The van der Waals surface area contributed by atoms with Gasteiger partial charge in [-0.25, -0.2) is 4.98 Å². The number of hydrogen-bond donors (Lipinski definition) is 3. The second kappa shape index (κ2) is 9.00. The van der Waals surface area contributed by atoms with Crippen LogP contribution in [0.4, 0.5) is 28.8 Å². The van der Waals surface area contributed by atoms with Crippen LogP contribution in [0.2, 0.25) is 5.02 Å². The van der Waals surface area contributed by atoms with Crippen molar-refractivity contribution in [2.45, 2.75) is 19.3 Å². The number of amides is 1. The number of primary amides is 1. The lowest BCUT2D eigenvalue weighted by atomic mass is 10.1. The zero-order chi connectivity index (χ0) is 20.9. The minimum atomic E-state index is -0.532. The number of nitrogens with zero attached hydrogens (tertiary/aromatic N) is 3. The molecule has 4 N–H and O–H groups in total. The lowest BCUT2D eigenvalue weighted by molar-refractivity contribution is 0.100. The number of rotatable bonds is 6. The Morgan fingerprint density at radius 2 is 1.73 bits per heavy atom. The van der Waals surface area contributed by atoms with Gasteiger partial charge in [-0.3, -0.25) is 4.79 Å². The summed E-state index contributed by atoms with van der Waals surface area (Å²) in [4.78, 5) is 22.8. The molecule has 4 rings (SSSR count). The van der Waals surface area contributed by atoms with Gasteiger partial charge in [-0.2, -0.15) is 4.98 Å². The second-order valence-electron chi connectivity index (χ2n) is 7.14. The van der Waals surface area contributed by atoms with Crippen molar-refractivity contribution in [2.24, 2.45) is 5.73 Å². The fraction of sp³-hybridized carbons (Fsp3) is 0.227. The van der Waals surface area contributed by atoms with E-state index in [-0.39, 0.29) is 0 Å². The monoisotopic (exact) mass is 422 g/mol. The summed E-state index contributed by atoms with van der Waals surface area (Å²) < 4.78 is 0. The summed E-state index contributed by atoms with van der Waals surface area (Å²) in [6.07, 6.45) is 5.30. The summed E-state index contributed by atoms with van der Waals surface area (Å²) in [7, 11) is 0. The molecule has 0 radical (unpaired) electrons. The lowest BCUT2D eigenvalue weighted by Crippen LogP contribution is -2.29. The SMILES string of the molecule is NC(=O)c1ccccc1Nc1nc(Nc2ccc(N3CCCCC3)cc2)ncc1Cl. The Morgan fingerprint density at radius 1 is 1.00 bits per heavy atom. The normalized spacial score (nSPS) is 13.7. The molecule has 1 aliphatic rings. The molecule has 0 unspecified atom stereocenters. The number of carbonyl (C=O) groups is 1. The highest BCUT2D eigenvalue weighted by Crippen LogP contribution is 2.27. The molecule has 1 aliphatic heterocycles. The third kappa shape index (κ3) is 4.63. The molecule has 0 spiro atoms. The minimum Gasteiger partial charge on any atom is -0.372 e. The second-order valence-corrected chi connectivity index (χ2v) is 7.55. The molecule has 0 bridgehead atoms. The number of carbonyl (C=O) groups excluding carboxylic acids is 1. The highest BCUT2D eigenvalue weighted by molar-refractivity contribution is 6.33. The zero-order valence-electron chi connectivity index (χ0n) is 16.4. The van der Waals surface area contributed by atoms with Gasteiger partial charge in [0.15, 0.2) is 5.82 Å². The van der Waals surface area contributed by atoms with Crippen LogP contribution in [-0.4, -0.2) is 29.0 Å². The van der Waals surface area contributed by atoms with Crippen molar-refractivity contribution < 1.29 is 4.79 Å². The van der Waals surface area contributed by atoms with E-state index in [1.54, 1.807) is 24.3 Å². The summed E-state index contributed by atoms with van der Waals surface area (Å²) in [5.41, 5.74) is 8.43. The number of piperidine rings is 1. The molecule has 30 heavy (non-hydrogen) atoms. The molecule has 1 saturated heterocycles. The first-order chi connectivity index (χ1) is 14.6. The van der Waals surface area contributed by atoms with Gasteiger partial charge in [-0.1, -0.05) is 23.7 Å². The molecule has 1 fully saturated rings. The number of nitrogens with one attached hydrogen (secondary N) is 2. The molecule has 154 valence electrons. The van der Waals surface area contributed by atoms with Crippen LogP contribution in [0.5, 0.6) is 0 Å². The van der Waals surface area contributed by atoms with Crippen LogP contribution >= 0.6 is 11.6 Å². The first kappa shape index (κ1) is 20.0. The van der Waals surface area contributed by atoms with E-state index in [1.807, 2.05) is 12.1 Å². The Bertz CT molecular complexity index is 1030. The van der Waals surface area contributed by atoms with Gasteiger partial charge in [-0.05, 0) is 55.7 Å². The van der Waals surface area contributed by atoms with Crippen LogP contribution in [0.25, 0.3) is 0 Å². The predicted octanol–water partition coefficient (Wildman–Crippen LogP) is 4.71. The van der Waals surface area contributed by atoms with Crippen LogP contribution < -0.4 is 21.3 Å². The Morgan fingerprint density at radius 3 is 2.47 bits per heavy atom. The van der Waals surface area contributed by atoms with Gasteiger partial charge < -0.3 is 21.3 Å². The average molecular weight is 423 g/mol. The highest BCUT2D eigenvalue weighted by Gasteiger charge is 2.13. The van der Waals surface area contributed by atoms with E-state index in [9.17, 15) is 4.79 Å². The quantitative estimate of drug-likeness (QED) is 0.532. The molecular formula is C22H23ClN6O. The maximum Gasteiger partial charge on any atom is 0.250 e. The summed E-state index contributed by atoms with van der Waals surface area (Å²) in [5.74, 6) is 0.243. The van der Waals surface area contributed by atoms with Crippen LogP contribution in [-0.2, 0) is 0 Å². The fourth-order valence-electron chi connectivity index (χ4n) is 3.49. The van der Waals surface area contributed by atoms with Gasteiger partial charge in [0.1, 0.15) is 5.02 Å². The molecule has 3 aromatic rings. The van der Waals surface area contributed by atoms with E-state index in [2.05, 4.69) is 37.6 Å². The smallest absolute Gasteiger partial charge is 0.250 e. The Hall–Kier alpha value is -3.32. The van der Waals surface area contributed by atoms with Crippen LogP contribution in [0.1, 0.15) is 29.6 Å². The van der Waals surface area contributed by atoms with Gasteiger partial charge in [0.25, 0.3) is 5.91 Å². The number of halogens is 1. The predicted molar refractivity (Wildman–Crippen MR) is 121 cm³/mol. The van der Waals surface area contributed by atoms with E-state index >= 15 is 0 Å². The molecule has 0 atom stereocenters. The van der Waals surface area contributed by atoms with Crippen LogP contribution in [0, 0.1) is 0 Å². The molecule has 0 saturated carbocycles. The maximum absolute atomic E-state index is 11.6. The molecule has 0 aliphatic carbocycles. The summed E-state index contributed by atoms with van der Waals surface area (Å²) in [5, 5.41) is 6.60. The highest BCUT2D eigenvalue weighted by atomic mass is 35.5. The van der Waals surface area contributed by atoms with Crippen LogP contribution in [0.3, 0.4) is 0 Å². The zero-order valence-corrected chi connectivity index (χ0v) is 17.2. The number of hydrogen-bond acceptors (Lipinski definition) is 6. The van der Waals surface area contributed by atoms with E-state index in [1.165, 1.54) is 31.1 Å². The van der Waals surface area contributed by atoms with E-state index < -0.39 is 5.91 Å². The third-order valence-electron chi connectivity index (χ3n) is 5.03. The topological polar surface area (TPSA) is 96.2 Å². The van der Waals surface area contributed by atoms with Gasteiger partial charge in [-0.15, -0.1) is 0 Å². The Balaban J connectivity index is 1.50. The van der Waals surface area contributed by atoms with Crippen LogP contribution in [0.15, 0.2) is 54.7 Å². The molecule has 1 amide bonds. The molecule has 1 aromatic heterocycles. The van der Waals surface area contributed by atoms with Crippen molar-refractivity contribution in [3.8, 4) is 0 Å². The van der Waals surface area contributed by atoms with Gasteiger partial charge in [0.05, 0.1) is 17.4 Å². The van der Waals surface area contributed by atoms with Gasteiger partial charge >= 0.3 is 0 Å². The summed E-state index contributed by atoms with van der Waals surface area (Å²) in [6.45, 7) is 2.21. The number of para-hydroxylation sites is 1. The van der Waals surface area contributed by atoms with Crippen molar-refractivity contribution in [3.05, 3.63) is 65.3 Å². The first-order valence-corrected chi connectivity index (χ1v) is 10.3. The Kier molecular flexibility index (Phi) is 5.99. The number of benzene rings is 2. The average Bonchev–Trinajstić information content (AvgIpc) is 2.77. The van der Waals surface area contributed by atoms with Crippen molar-refractivity contribution in [2.75, 3.05) is 28.6 Å². The molecule has 7 nitrogen and oxygen atoms in total. The first-order valence-electron chi connectivity index (χ1n) is 9.90. The number of nitrogens with two attached hydrogens (primary N) is 1. The third-order valence-corrected chi connectivity index (χ3v) is 5.31. The van der Waals surface area contributed by atoms with Gasteiger partial charge in [0, 0.05) is 24.5 Å². The van der Waals surface area contributed by atoms with Crippen molar-refractivity contribution in [3.63, 3.8) is 0 Å². The summed E-state index contributed by atoms with van der Waals surface area (Å²) >= 11 is 6.25. The van der Waals surface area contributed by atoms with E-state index in [4.69, 9.17) is 17.3 Å². The summed E-state index contributed by atoms with van der Waals surface area (Å²) in [6, 6.07) is 15.2. The standard InChI is InChI=1S/C22H23ClN6O/c23-18-14-25-22(28-21(18)27-19-7-3-2-6-17(19)20(24)30)26-15-8-10-16(11-9-15)29-12-4-1-5-13-29/h2-3,6-11,14H,1,4-5,12-13H2,(H2,24,30)(H2,25,26,27,28). The van der Waals surface area contributed by atoms with E-state index in [0.717, 1.165) is 18.8 Å². The van der Waals surface area contributed by atoms with E-state index in [0.29, 0.717) is 28.0 Å². The molecule has 8 heteroatoms. The maximum atomic E-state index is 11.6. The van der Waals surface area contributed by atoms with Crippen molar-refractivity contribution in [1.82, 2.24) is 9.97 Å².